The fraction of sp³-hybridized carbons (Fsp3) is 0.923. The molecule has 0 aliphatic heterocycles. The number of nitrogens with zero attached hydrogens (tertiary/aromatic N) is 1. The fourth-order valence-corrected chi connectivity index (χ4v) is 2.37. The van der Waals surface area contributed by atoms with E-state index in [1.807, 2.05) is 7.05 Å². The number of rotatable bonds is 2. The van der Waals surface area contributed by atoms with Gasteiger partial charge in [0.25, 0.3) is 5.91 Å². The van der Waals surface area contributed by atoms with Crippen molar-refractivity contribution in [2.24, 2.45) is 5.41 Å². The minimum Gasteiger partial charge on any atom is -0.381 e. The number of hydrogen-bond acceptors (Lipinski definition) is 2. The van der Waals surface area contributed by atoms with Gasteiger partial charge in [-0.1, -0.05) is 13.8 Å². The first kappa shape index (κ1) is 13.5. The third-order valence-electron chi connectivity index (χ3n) is 3.70. The lowest BCUT2D eigenvalue weighted by atomic mass is 9.75. The van der Waals surface area contributed by atoms with Crippen molar-refractivity contribution in [3.8, 4) is 0 Å². The quantitative estimate of drug-likeness (QED) is 0.785. The van der Waals surface area contributed by atoms with Crippen LogP contribution < -0.4 is 0 Å². The zero-order valence-corrected chi connectivity index (χ0v) is 11.2. The first-order valence-corrected chi connectivity index (χ1v) is 6.13. The summed E-state index contributed by atoms with van der Waals surface area (Å²) in [5.74, 6) is -0.169. The summed E-state index contributed by atoms with van der Waals surface area (Å²) in [6.07, 6.45) is 4.40. The van der Waals surface area contributed by atoms with E-state index >= 15 is 0 Å². The summed E-state index contributed by atoms with van der Waals surface area (Å²) in [4.78, 5) is 13.6. The Labute approximate surface area is 98.8 Å². The Bertz CT molecular complexity index is 256. The summed E-state index contributed by atoms with van der Waals surface area (Å²) in [7, 11) is 1.81. The van der Waals surface area contributed by atoms with Gasteiger partial charge in [-0.2, -0.15) is 0 Å². The molecule has 0 unspecified atom stereocenters. The van der Waals surface area contributed by atoms with Crippen molar-refractivity contribution in [2.75, 3.05) is 7.05 Å². The van der Waals surface area contributed by atoms with Crippen LogP contribution >= 0.6 is 0 Å². The molecule has 1 N–H and O–H groups in total. The van der Waals surface area contributed by atoms with Crippen LogP contribution in [0, 0.1) is 5.41 Å². The molecule has 0 saturated heterocycles. The highest BCUT2D eigenvalue weighted by atomic mass is 16.3. The lowest BCUT2D eigenvalue weighted by Gasteiger charge is -2.40. The van der Waals surface area contributed by atoms with Crippen LogP contribution in [0.1, 0.15) is 53.4 Å². The SMILES string of the molecule is CN(C(=O)C(C)(C)O)C1CCC(C)(C)CC1. The van der Waals surface area contributed by atoms with E-state index < -0.39 is 5.60 Å². The molecule has 0 aromatic rings. The molecule has 0 bridgehead atoms. The van der Waals surface area contributed by atoms with Gasteiger partial charge in [0.1, 0.15) is 5.60 Å². The van der Waals surface area contributed by atoms with Crippen molar-refractivity contribution >= 4 is 5.91 Å². The van der Waals surface area contributed by atoms with Crippen LogP contribution in [-0.4, -0.2) is 34.6 Å². The molecule has 0 aromatic carbocycles. The highest BCUT2D eigenvalue weighted by molar-refractivity contribution is 5.84. The maximum Gasteiger partial charge on any atom is 0.253 e. The Morgan fingerprint density at radius 3 is 2.12 bits per heavy atom. The average molecular weight is 227 g/mol. The van der Waals surface area contributed by atoms with Gasteiger partial charge in [0.05, 0.1) is 0 Å². The van der Waals surface area contributed by atoms with E-state index in [4.69, 9.17) is 0 Å². The van der Waals surface area contributed by atoms with E-state index in [0.717, 1.165) is 25.7 Å². The summed E-state index contributed by atoms with van der Waals surface area (Å²) in [6.45, 7) is 7.67. The molecular weight excluding hydrogens is 202 g/mol. The molecule has 1 saturated carbocycles. The zero-order valence-electron chi connectivity index (χ0n) is 11.2. The predicted molar refractivity (Wildman–Crippen MR) is 65.1 cm³/mol. The van der Waals surface area contributed by atoms with E-state index in [1.165, 1.54) is 0 Å². The van der Waals surface area contributed by atoms with Crippen molar-refractivity contribution < 1.29 is 9.90 Å². The van der Waals surface area contributed by atoms with Gasteiger partial charge in [0.15, 0.2) is 0 Å². The normalized spacial score (nSPS) is 21.9. The van der Waals surface area contributed by atoms with E-state index in [1.54, 1.807) is 18.7 Å². The van der Waals surface area contributed by atoms with Crippen molar-refractivity contribution in [1.29, 1.82) is 0 Å². The summed E-state index contributed by atoms with van der Waals surface area (Å²) < 4.78 is 0. The summed E-state index contributed by atoms with van der Waals surface area (Å²) in [6, 6.07) is 0.298. The van der Waals surface area contributed by atoms with Gasteiger partial charge < -0.3 is 10.0 Å². The molecule has 3 heteroatoms. The van der Waals surface area contributed by atoms with Gasteiger partial charge in [-0.05, 0) is 44.9 Å². The third-order valence-corrected chi connectivity index (χ3v) is 3.70. The van der Waals surface area contributed by atoms with Gasteiger partial charge in [-0.3, -0.25) is 4.79 Å². The van der Waals surface area contributed by atoms with E-state index in [2.05, 4.69) is 13.8 Å². The Morgan fingerprint density at radius 1 is 1.31 bits per heavy atom. The second-order valence-corrected chi connectivity index (χ2v) is 6.37. The second-order valence-electron chi connectivity index (χ2n) is 6.37. The molecular formula is C13H25NO2. The topological polar surface area (TPSA) is 40.5 Å². The molecule has 0 spiro atoms. The molecule has 0 radical (unpaired) electrons. The first-order valence-electron chi connectivity index (χ1n) is 6.13. The molecule has 1 rings (SSSR count). The van der Waals surface area contributed by atoms with Crippen LogP contribution in [0.4, 0.5) is 0 Å². The van der Waals surface area contributed by atoms with E-state index in [-0.39, 0.29) is 5.91 Å². The Hall–Kier alpha value is -0.570. The molecule has 0 heterocycles. The summed E-state index contributed by atoms with van der Waals surface area (Å²) >= 11 is 0. The van der Waals surface area contributed by atoms with Crippen molar-refractivity contribution in [3.05, 3.63) is 0 Å². The third kappa shape index (κ3) is 3.21. The Kier molecular flexibility index (Phi) is 3.68. The highest BCUT2D eigenvalue weighted by Gasteiger charge is 2.34. The van der Waals surface area contributed by atoms with Crippen LogP contribution in [-0.2, 0) is 4.79 Å². The largest absolute Gasteiger partial charge is 0.381 e. The maximum atomic E-state index is 11.9. The van der Waals surface area contributed by atoms with Gasteiger partial charge in [-0.25, -0.2) is 0 Å². The lowest BCUT2D eigenvalue weighted by Crippen LogP contribution is -2.49. The van der Waals surface area contributed by atoms with E-state index in [0.29, 0.717) is 11.5 Å². The number of carbonyl (C=O) groups excluding carboxylic acids is 1. The van der Waals surface area contributed by atoms with Crippen molar-refractivity contribution in [3.63, 3.8) is 0 Å². The molecule has 0 atom stereocenters. The lowest BCUT2D eigenvalue weighted by molar-refractivity contribution is -0.149. The van der Waals surface area contributed by atoms with Crippen molar-refractivity contribution in [1.82, 2.24) is 4.90 Å². The standard InChI is InChI=1S/C13H25NO2/c1-12(2)8-6-10(7-9-12)14(5)11(15)13(3,4)16/h10,16H,6-9H2,1-5H3. The Balaban J connectivity index is 2.57. The van der Waals surface area contributed by atoms with Crippen LogP contribution in [0.25, 0.3) is 0 Å². The van der Waals surface area contributed by atoms with Gasteiger partial charge in [-0.15, -0.1) is 0 Å². The number of carbonyl (C=O) groups is 1. The fourth-order valence-electron chi connectivity index (χ4n) is 2.37. The summed E-state index contributed by atoms with van der Waals surface area (Å²) in [5, 5.41) is 9.70. The molecule has 0 aromatic heterocycles. The second kappa shape index (κ2) is 4.36. The molecule has 16 heavy (non-hydrogen) atoms. The average Bonchev–Trinajstić information content (AvgIpc) is 2.14. The van der Waals surface area contributed by atoms with Crippen LogP contribution in [0.5, 0.6) is 0 Å². The number of aliphatic hydroxyl groups is 1. The van der Waals surface area contributed by atoms with E-state index in [9.17, 15) is 9.90 Å². The summed E-state index contributed by atoms with van der Waals surface area (Å²) in [5.41, 5.74) is -0.836. The van der Waals surface area contributed by atoms with Crippen LogP contribution in [0.2, 0.25) is 0 Å². The van der Waals surface area contributed by atoms with Crippen LogP contribution in [0.3, 0.4) is 0 Å². The molecule has 1 amide bonds. The smallest absolute Gasteiger partial charge is 0.253 e. The van der Waals surface area contributed by atoms with Crippen molar-refractivity contribution in [2.45, 2.75) is 65.0 Å². The predicted octanol–water partition coefficient (Wildman–Crippen LogP) is 2.18. The van der Waals surface area contributed by atoms with Gasteiger partial charge >= 0.3 is 0 Å². The monoisotopic (exact) mass is 227 g/mol. The minimum absolute atomic E-state index is 0.169. The van der Waals surface area contributed by atoms with Gasteiger partial charge in [0.2, 0.25) is 0 Å². The zero-order chi connectivity index (χ0) is 12.6. The highest BCUT2D eigenvalue weighted by Crippen LogP contribution is 2.36. The van der Waals surface area contributed by atoms with Crippen LogP contribution in [0.15, 0.2) is 0 Å². The molecule has 1 fully saturated rings. The molecule has 94 valence electrons. The maximum absolute atomic E-state index is 11.9. The number of hydrogen-bond donors (Lipinski definition) is 1. The Morgan fingerprint density at radius 2 is 1.75 bits per heavy atom. The molecule has 3 nitrogen and oxygen atoms in total. The number of likely N-dealkylation sites (N-methyl/N-ethyl adjacent to an activating group) is 1. The molecule has 1 aliphatic carbocycles. The number of amides is 1. The first-order chi connectivity index (χ1) is 7.13. The molecule has 1 aliphatic rings. The van der Waals surface area contributed by atoms with Gasteiger partial charge in [0, 0.05) is 13.1 Å². The minimum atomic E-state index is -1.25.